The van der Waals surface area contributed by atoms with Gasteiger partial charge in [-0.25, -0.2) is 4.79 Å². The molecule has 3 amide bonds. The second-order valence-electron chi connectivity index (χ2n) is 5.39. The predicted molar refractivity (Wildman–Crippen MR) is 88.4 cm³/mol. The van der Waals surface area contributed by atoms with Gasteiger partial charge in [-0.1, -0.05) is 23.2 Å². The first-order valence-electron chi connectivity index (χ1n) is 7.23. The summed E-state index contributed by atoms with van der Waals surface area (Å²) < 4.78 is 0. The van der Waals surface area contributed by atoms with E-state index in [0.717, 1.165) is 25.7 Å². The van der Waals surface area contributed by atoms with E-state index < -0.39 is 0 Å². The van der Waals surface area contributed by atoms with Crippen molar-refractivity contribution in [2.24, 2.45) is 5.92 Å². The number of carbonyl (C=O) groups excluding carboxylic acids is 2. The van der Waals surface area contributed by atoms with Crippen molar-refractivity contribution in [3.8, 4) is 0 Å². The molecule has 0 bridgehead atoms. The molecular formula is C15H19Cl2N3O2. The summed E-state index contributed by atoms with van der Waals surface area (Å²) in [5, 5.41) is 9.21. The van der Waals surface area contributed by atoms with E-state index >= 15 is 0 Å². The minimum Gasteiger partial charge on any atom is -0.359 e. The summed E-state index contributed by atoms with van der Waals surface area (Å²) in [4.78, 5) is 23.6. The Hall–Kier alpha value is -1.46. The van der Waals surface area contributed by atoms with E-state index in [-0.39, 0.29) is 23.9 Å². The summed E-state index contributed by atoms with van der Waals surface area (Å²) in [5.74, 6) is 0.127. The zero-order chi connectivity index (χ0) is 16.1. The van der Waals surface area contributed by atoms with Gasteiger partial charge in [0.2, 0.25) is 5.91 Å². The molecule has 7 heteroatoms. The Bertz CT molecular complexity index is 558. The minimum atomic E-state index is -0.312. The number of hydrogen-bond acceptors (Lipinski definition) is 2. The average molecular weight is 344 g/mol. The molecule has 22 heavy (non-hydrogen) atoms. The molecule has 2 rings (SSSR count). The highest BCUT2D eigenvalue weighted by Gasteiger charge is 2.26. The normalized spacial score (nSPS) is 21.0. The Labute approximate surface area is 139 Å². The summed E-state index contributed by atoms with van der Waals surface area (Å²) in [7, 11) is 1.65. The lowest BCUT2D eigenvalue weighted by Crippen LogP contribution is -2.42. The summed E-state index contributed by atoms with van der Waals surface area (Å²) in [6.07, 6.45) is 3.13. The zero-order valence-corrected chi connectivity index (χ0v) is 13.8. The lowest BCUT2D eigenvalue weighted by Gasteiger charge is -2.28. The standard InChI is InChI=1S/C15H19Cl2N3O2/c1-18-14(21)9-2-5-11(6-3-9)19-15(22)20-13-8-10(16)4-7-12(13)17/h4,7-9,11H,2-3,5-6H2,1H3,(H,18,21)(H2,19,20,22). The van der Waals surface area contributed by atoms with E-state index in [2.05, 4.69) is 16.0 Å². The first kappa shape index (κ1) is 16.9. The van der Waals surface area contributed by atoms with Gasteiger partial charge in [-0.2, -0.15) is 0 Å². The maximum Gasteiger partial charge on any atom is 0.319 e. The first-order chi connectivity index (χ1) is 10.5. The van der Waals surface area contributed by atoms with Crippen molar-refractivity contribution in [3.05, 3.63) is 28.2 Å². The molecule has 1 aromatic rings. The number of amides is 3. The third kappa shape index (κ3) is 4.52. The molecule has 0 aromatic heterocycles. The monoisotopic (exact) mass is 343 g/mol. The van der Waals surface area contributed by atoms with E-state index in [1.165, 1.54) is 0 Å². The van der Waals surface area contributed by atoms with Crippen LogP contribution in [0.4, 0.5) is 10.5 Å². The summed E-state index contributed by atoms with van der Waals surface area (Å²) in [6, 6.07) is 4.65. The summed E-state index contributed by atoms with van der Waals surface area (Å²) in [6.45, 7) is 0. The maximum absolute atomic E-state index is 12.0. The zero-order valence-electron chi connectivity index (χ0n) is 12.3. The SMILES string of the molecule is CNC(=O)C1CCC(NC(=O)Nc2cc(Cl)ccc2Cl)CC1. The molecule has 0 unspecified atom stereocenters. The fourth-order valence-electron chi connectivity index (χ4n) is 2.64. The number of nitrogens with one attached hydrogen (secondary N) is 3. The van der Waals surface area contributed by atoms with Crippen molar-refractivity contribution < 1.29 is 9.59 Å². The maximum atomic E-state index is 12.0. The van der Waals surface area contributed by atoms with Gasteiger partial charge >= 0.3 is 6.03 Å². The fraction of sp³-hybridized carbons (Fsp3) is 0.467. The highest BCUT2D eigenvalue weighted by Crippen LogP contribution is 2.26. The van der Waals surface area contributed by atoms with Gasteiger partial charge in [0, 0.05) is 24.0 Å². The van der Waals surface area contributed by atoms with Crippen LogP contribution < -0.4 is 16.0 Å². The molecule has 0 aliphatic heterocycles. The third-order valence-corrected chi connectivity index (χ3v) is 4.42. The molecule has 0 heterocycles. The predicted octanol–water partition coefficient (Wildman–Crippen LogP) is 3.42. The molecule has 3 N–H and O–H groups in total. The molecule has 5 nitrogen and oxygen atoms in total. The number of rotatable bonds is 3. The van der Waals surface area contributed by atoms with Crippen molar-refractivity contribution in [1.29, 1.82) is 0 Å². The topological polar surface area (TPSA) is 70.2 Å². The van der Waals surface area contributed by atoms with Crippen LogP contribution in [0, 0.1) is 5.92 Å². The molecule has 1 aliphatic rings. The first-order valence-corrected chi connectivity index (χ1v) is 7.99. The van der Waals surface area contributed by atoms with Crippen LogP contribution in [0.3, 0.4) is 0 Å². The van der Waals surface area contributed by atoms with E-state index in [1.54, 1.807) is 25.2 Å². The van der Waals surface area contributed by atoms with E-state index in [0.29, 0.717) is 15.7 Å². The van der Waals surface area contributed by atoms with Crippen molar-refractivity contribution in [2.75, 3.05) is 12.4 Å². The quantitative estimate of drug-likeness (QED) is 0.786. The molecule has 1 aliphatic carbocycles. The third-order valence-electron chi connectivity index (χ3n) is 3.86. The minimum absolute atomic E-state index is 0.0495. The van der Waals surface area contributed by atoms with Crippen LogP contribution in [-0.2, 0) is 4.79 Å². The van der Waals surface area contributed by atoms with E-state index in [4.69, 9.17) is 23.2 Å². The van der Waals surface area contributed by atoms with Gasteiger partial charge in [-0.3, -0.25) is 4.79 Å². The van der Waals surface area contributed by atoms with Crippen molar-refractivity contribution in [2.45, 2.75) is 31.7 Å². The molecule has 0 spiro atoms. The van der Waals surface area contributed by atoms with Crippen LogP contribution >= 0.6 is 23.2 Å². The highest BCUT2D eigenvalue weighted by atomic mass is 35.5. The molecule has 1 saturated carbocycles. The van der Waals surface area contributed by atoms with Crippen LogP contribution in [0.25, 0.3) is 0 Å². The van der Waals surface area contributed by atoms with Gasteiger partial charge in [-0.15, -0.1) is 0 Å². The highest BCUT2D eigenvalue weighted by molar-refractivity contribution is 6.35. The smallest absolute Gasteiger partial charge is 0.319 e. The van der Waals surface area contributed by atoms with Gasteiger partial charge in [0.15, 0.2) is 0 Å². The molecule has 0 atom stereocenters. The van der Waals surface area contributed by atoms with Gasteiger partial charge in [0.05, 0.1) is 10.7 Å². The molecule has 0 radical (unpaired) electrons. The Balaban J connectivity index is 1.83. The fourth-order valence-corrected chi connectivity index (χ4v) is 2.98. The van der Waals surface area contributed by atoms with Gasteiger partial charge in [-0.05, 0) is 43.9 Å². The number of carbonyl (C=O) groups is 2. The van der Waals surface area contributed by atoms with Crippen LogP contribution in [0.1, 0.15) is 25.7 Å². The number of hydrogen-bond donors (Lipinski definition) is 3. The van der Waals surface area contributed by atoms with Crippen LogP contribution in [0.2, 0.25) is 10.0 Å². The number of halogens is 2. The largest absolute Gasteiger partial charge is 0.359 e. The molecule has 0 saturated heterocycles. The van der Waals surface area contributed by atoms with Gasteiger partial charge in [0.1, 0.15) is 0 Å². The lowest BCUT2D eigenvalue weighted by molar-refractivity contribution is -0.125. The second-order valence-corrected chi connectivity index (χ2v) is 6.23. The molecule has 120 valence electrons. The second kappa shape index (κ2) is 7.70. The van der Waals surface area contributed by atoms with E-state index in [9.17, 15) is 9.59 Å². The van der Waals surface area contributed by atoms with Crippen LogP contribution in [0.5, 0.6) is 0 Å². The Morgan fingerprint density at radius 1 is 1.14 bits per heavy atom. The number of anilines is 1. The Kier molecular flexibility index (Phi) is 5.91. The van der Waals surface area contributed by atoms with Gasteiger partial charge in [0.25, 0.3) is 0 Å². The Morgan fingerprint density at radius 3 is 2.45 bits per heavy atom. The molecule has 1 aromatic carbocycles. The molecule has 1 fully saturated rings. The van der Waals surface area contributed by atoms with Gasteiger partial charge < -0.3 is 16.0 Å². The summed E-state index contributed by atoms with van der Waals surface area (Å²) >= 11 is 11.9. The van der Waals surface area contributed by atoms with Crippen LogP contribution in [0.15, 0.2) is 18.2 Å². The van der Waals surface area contributed by atoms with Crippen LogP contribution in [-0.4, -0.2) is 25.0 Å². The van der Waals surface area contributed by atoms with Crippen molar-refractivity contribution in [3.63, 3.8) is 0 Å². The van der Waals surface area contributed by atoms with E-state index in [1.807, 2.05) is 0 Å². The number of urea groups is 1. The number of benzene rings is 1. The Morgan fingerprint density at radius 2 is 1.82 bits per heavy atom. The van der Waals surface area contributed by atoms with Crippen molar-refractivity contribution in [1.82, 2.24) is 10.6 Å². The summed E-state index contributed by atoms with van der Waals surface area (Å²) in [5.41, 5.74) is 0.478. The lowest BCUT2D eigenvalue weighted by atomic mass is 9.85. The average Bonchev–Trinajstić information content (AvgIpc) is 2.51. The van der Waals surface area contributed by atoms with Crippen molar-refractivity contribution >= 4 is 40.8 Å². The molecular weight excluding hydrogens is 325 g/mol.